The molecule has 3 fully saturated rings. The van der Waals surface area contributed by atoms with Crippen molar-refractivity contribution in [3.8, 4) is 0 Å². The summed E-state index contributed by atoms with van der Waals surface area (Å²) in [5.74, 6) is -1.91. The molecule has 0 aliphatic carbocycles. The maximum Gasteiger partial charge on any atom is 0.303 e. The van der Waals surface area contributed by atoms with E-state index in [0.29, 0.717) is 0 Å². The van der Waals surface area contributed by atoms with Crippen LogP contribution in [0.5, 0.6) is 0 Å². The van der Waals surface area contributed by atoms with Crippen LogP contribution < -0.4 is 0 Å². The first-order valence-electron chi connectivity index (χ1n) is 9.28. The maximum atomic E-state index is 12.1. The molecule has 0 spiro atoms. The number of hydrogen-bond donors (Lipinski definition) is 0. The predicted molar refractivity (Wildman–Crippen MR) is 96.6 cm³/mol. The van der Waals surface area contributed by atoms with E-state index in [-0.39, 0.29) is 24.1 Å². The van der Waals surface area contributed by atoms with E-state index in [1.54, 1.807) is 6.92 Å². The monoisotopic (exact) mass is 432 g/mol. The van der Waals surface area contributed by atoms with Crippen LogP contribution in [0.2, 0.25) is 0 Å². The van der Waals surface area contributed by atoms with Gasteiger partial charge in [-0.05, 0) is 6.92 Å². The Morgan fingerprint density at radius 3 is 2.14 bits per heavy atom. The molecule has 0 aromatic heterocycles. The molecule has 0 N–H and O–H groups in total. The van der Waals surface area contributed by atoms with Gasteiger partial charge in [-0.1, -0.05) is 0 Å². The molecule has 0 amide bonds. The van der Waals surface area contributed by atoms with Crippen molar-refractivity contribution >= 4 is 35.5 Å². The summed E-state index contributed by atoms with van der Waals surface area (Å²) in [5.41, 5.74) is -0.799. The lowest BCUT2D eigenvalue weighted by atomic mass is 10.00. The van der Waals surface area contributed by atoms with Crippen LogP contribution in [0.3, 0.4) is 0 Å². The van der Waals surface area contributed by atoms with E-state index in [1.807, 2.05) is 0 Å². The molecular weight excluding hydrogens is 408 g/mol. The number of rotatable bonds is 5. The van der Waals surface area contributed by atoms with Gasteiger partial charge in [0.1, 0.15) is 11.5 Å². The van der Waals surface area contributed by atoms with Crippen molar-refractivity contribution in [2.24, 2.45) is 0 Å². The second-order valence-corrected chi connectivity index (χ2v) is 8.45. The van der Waals surface area contributed by atoms with Crippen molar-refractivity contribution in [3.63, 3.8) is 0 Å². The Balaban J connectivity index is 1.84. The van der Waals surface area contributed by atoms with Gasteiger partial charge in [-0.15, -0.1) is 11.8 Å². The van der Waals surface area contributed by atoms with Crippen LogP contribution in [0.1, 0.15) is 34.1 Å². The molecule has 8 atom stereocenters. The number of ether oxygens (including phenoxy) is 6. The Morgan fingerprint density at radius 2 is 1.52 bits per heavy atom. The SMILES string of the molecule is CC(=O)O[C@@H]1[C@H](OC(C)=O)[C@H](C)O[C@@H](S[C@@H]2CC(=O)[C@H]3CO[C@@H]2O3)[C@H]1OC(C)=O. The fourth-order valence-electron chi connectivity index (χ4n) is 3.58. The van der Waals surface area contributed by atoms with Crippen molar-refractivity contribution < 1.29 is 47.6 Å². The van der Waals surface area contributed by atoms with Crippen molar-refractivity contribution in [2.75, 3.05) is 6.61 Å². The van der Waals surface area contributed by atoms with Crippen molar-refractivity contribution in [1.82, 2.24) is 0 Å². The highest BCUT2D eigenvalue weighted by molar-refractivity contribution is 8.00. The first-order valence-corrected chi connectivity index (χ1v) is 10.2. The van der Waals surface area contributed by atoms with Gasteiger partial charge in [0.15, 0.2) is 30.4 Å². The Kier molecular flexibility index (Phi) is 6.82. The third-order valence-electron chi connectivity index (χ3n) is 4.72. The molecule has 10 nitrogen and oxygen atoms in total. The Hall–Kier alpha value is -1.69. The normalized spacial score (nSPS) is 39.0. The largest absolute Gasteiger partial charge is 0.456 e. The van der Waals surface area contributed by atoms with Crippen molar-refractivity contribution in [2.45, 2.75) is 81.6 Å². The highest BCUT2D eigenvalue weighted by Gasteiger charge is 2.53. The zero-order chi connectivity index (χ0) is 21.3. The summed E-state index contributed by atoms with van der Waals surface area (Å²) < 4.78 is 33.1. The molecule has 29 heavy (non-hydrogen) atoms. The molecule has 3 aliphatic heterocycles. The standard InChI is InChI=1S/C18H24O10S/c1-7-14(25-8(2)19)15(26-9(3)20)16(27-10(4)21)18(24-7)29-13-5-11(22)12-6-23-17(13)28-12/h7,12-18H,5-6H2,1-4H3/t7-,12+,13+,14+,15+,16-,17+,18-/m0/s1. The molecule has 0 unspecified atom stereocenters. The number of ketones is 1. The van der Waals surface area contributed by atoms with E-state index >= 15 is 0 Å². The summed E-state index contributed by atoms with van der Waals surface area (Å²) in [6, 6.07) is 0. The second-order valence-electron chi connectivity index (χ2n) is 7.10. The van der Waals surface area contributed by atoms with Crippen LogP contribution in [0.4, 0.5) is 0 Å². The third-order valence-corrected chi connectivity index (χ3v) is 6.10. The topological polar surface area (TPSA) is 124 Å². The third kappa shape index (κ3) is 5.08. The molecule has 0 radical (unpaired) electrons. The minimum atomic E-state index is -1.07. The quantitative estimate of drug-likeness (QED) is 0.441. The first-order chi connectivity index (χ1) is 13.7. The minimum absolute atomic E-state index is 0.0709. The molecule has 0 aromatic carbocycles. The number of hydrogen-bond acceptors (Lipinski definition) is 11. The van der Waals surface area contributed by atoms with Gasteiger partial charge in [0.25, 0.3) is 0 Å². The van der Waals surface area contributed by atoms with Crippen molar-refractivity contribution in [1.29, 1.82) is 0 Å². The summed E-state index contributed by atoms with van der Waals surface area (Å²) in [7, 11) is 0. The zero-order valence-electron chi connectivity index (χ0n) is 16.5. The smallest absolute Gasteiger partial charge is 0.303 e. The molecule has 3 heterocycles. The van der Waals surface area contributed by atoms with E-state index < -0.39 is 60.2 Å². The lowest BCUT2D eigenvalue weighted by Crippen LogP contribution is -2.60. The molecule has 0 saturated carbocycles. The highest BCUT2D eigenvalue weighted by atomic mass is 32.2. The summed E-state index contributed by atoms with van der Waals surface area (Å²) in [4.78, 5) is 47.1. The second kappa shape index (κ2) is 8.99. The number of Topliss-reactive ketones (excluding diaryl/α,β-unsaturated/α-hetero) is 1. The van der Waals surface area contributed by atoms with E-state index in [0.717, 1.165) is 0 Å². The van der Waals surface area contributed by atoms with Crippen LogP contribution in [0, 0.1) is 0 Å². The summed E-state index contributed by atoms with van der Waals surface area (Å²) >= 11 is 1.21. The number of fused-ring (bicyclic) bond motifs is 2. The minimum Gasteiger partial charge on any atom is -0.456 e. The van der Waals surface area contributed by atoms with Crippen LogP contribution >= 0.6 is 11.8 Å². The first kappa shape index (κ1) is 22.0. The van der Waals surface area contributed by atoms with Gasteiger partial charge in [0.05, 0.1) is 18.0 Å². The Morgan fingerprint density at radius 1 is 0.931 bits per heavy atom. The number of carbonyl (C=O) groups excluding carboxylic acids is 4. The van der Waals surface area contributed by atoms with Gasteiger partial charge in [0.2, 0.25) is 0 Å². The zero-order valence-corrected chi connectivity index (χ0v) is 17.3. The lowest BCUT2D eigenvalue weighted by molar-refractivity contribution is -0.229. The summed E-state index contributed by atoms with van der Waals surface area (Å²) in [6.45, 7) is 5.51. The van der Waals surface area contributed by atoms with E-state index in [9.17, 15) is 19.2 Å². The van der Waals surface area contributed by atoms with Gasteiger partial charge >= 0.3 is 17.9 Å². The number of esters is 3. The average Bonchev–Trinajstić information content (AvgIpc) is 3.04. The molecule has 3 aliphatic rings. The van der Waals surface area contributed by atoms with Gasteiger partial charge in [-0.2, -0.15) is 0 Å². The molecule has 0 aromatic rings. The molecular formula is C18H24O10S. The van der Waals surface area contributed by atoms with Crippen LogP contribution in [-0.4, -0.2) is 77.8 Å². The molecule has 162 valence electrons. The summed E-state index contributed by atoms with van der Waals surface area (Å²) in [6.07, 6.45) is -4.67. The fraction of sp³-hybridized carbons (Fsp3) is 0.778. The Bertz CT molecular complexity index is 682. The molecule has 3 rings (SSSR count). The predicted octanol–water partition coefficient (Wildman–Crippen LogP) is 0.342. The highest BCUT2D eigenvalue weighted by Crippen LogP contribution is 2.40. The molecule has 11 heteroatoms. The Labute approximate surface area is 171 Å². The van der Waals surface area contributed by atoms with Gasteiger partial charge in [-0.3, -0.25) is 19.2 Å². The van der Waals surface area contributed by atoms with E-state index in [2.05, 4.69) is 0 Å². The molecule has 2 bridgehead atoms. The maximum absolute atomic E-state index is 12.1. The van der Waals surface area contributed by atoms with Gasteiger partial charge in [0, 0.05) is 27.2 Å². The van der Waals surface area contributed by atoms with Crippen LogP contribution in [0.15, 0.2) is 0 Å². The van der Waals surface area contributed by atoms with Gasteiger partial charge < -0.3 is 28.4 Å². The average molecular weight is 432 g/mol. The van der Waals surface area contributed by atoms with Crippen molar-refractivity contribution in [3.05, 3.63) is 0 Å². The number of thioether (sulfide) groups is 1. The van der Waals surface area contributed by atoms with Crippen LogP contribution in [0.25, 0.3) is 0 Å². The fourth-order valence-corrected chi connectivity index (χ4v) is 5.06. The van der Waals surface area contributed by atoms with E-state index in [1.165, 1.54) is 32.5 Å². The molecule has 3 saturated heterocycles. The number of carbonyl (C=O) groups is 4. The lowest BCUT2D eigenvalue weighted by Gasteiger charge is -2.44. The van der Waals surface area contributed by atoms with Gasteiger partial charge in [-0.25, -0.2) is 0 Å². The van der Waals surface area contributed by atoms with Crippen LogP contribution in [-0.2, 0) is 47.6 Å². The summed E-state index contributed by atoms with van der Waals surface area (Å²) in [5, 5.41) is -0.389. The van der Waals surface area contributed by atoms with E-state index in [4.69, 9.17) is 28.4 Å².